The maximum atomic E-state index is 11.0. The Balaban J connectivity index is 2.72. The molecule has 0 spiro atoms. The zero-order chi connectivity index (χ0) is 14.4. The van der Waals surface area contributed by atoms with Crippen LogP contribution in [0.1, 0.15) is 19.4 Å². The number of nitrogens with one attached hydrogen (secondary N) is 2. The Kier molecular flexibility index (Phi) is 5.05. The summed E-state index contributed by atoms with van der Waals surface area (Å²) in [7, 11) is 0. The van der Waals surface area contributed by atoms with Crippen LogP contribution >= 0.6 is 0 Å². The smallest absolute Gasteiger partial charge is 0.326 e. The molecule has 1 unspecified atom stereocenters. The van der Waals surface area contributed by atoms with E-state index in [4.69, 9.17) is 5.11 Å². The van der Waals surface area contributed by atoms with E-state index in [2.05, 4.69) is 10.6 Å². The summed E-state index contributed by atoms with van der Waals surface area (Å²) >= 11 is 0. The van der Waals surface area contributed by atoms with Gasteiger partial charge in [-0.2, -0.15) is 0 Å². The van der Waals surface area contributed by atoms with Crippen molar-refractivity contribution in [3.05, 3.63) is 29.8 Å². The summed E-state index contributed by atoms with van der Waals surface area (Å²) in [5, 5.41) is 14.0. The van der Waals surface area contributed by atoms with E-state index in [0.717, 1.165) is 5.56 Å². The Morgan fingerprint density at radius 1 is 1.11 bits per heavy atom. The number of carbonyl (C=O) groups is 3. The Labute approximate surface area is 110 Å². The molecule has 1 aromatic carbocycles. The van der Waals surface area contributed by atoms with Gasteiger partial charge in [-0.05, 0) is 17.7 Å². The van der Waals surface area contributed by atoms with Crippen LogP contribution < -0.4 is 10.6 Å². The van der Waals surface area contributed by atoms with Crippen molar-refractivity contribution in [3.63, 3.8) is 0 Å². The normalized spacial score (nSPS) is 11.5. The van der Waals surface area contributed by atoms with E-state index in [9.17, 15) is 14.4 Å². The number of carboxylic acids is 1. The molecule has 3 N–H and O–H groups in total. The van der Waals surface area contributed by atoms with Gasteiger partial charge in [0.15, 0.2) is 0 Å². The first kappa shape index (κ1) is 14.7. The molecule has 0 heterocycles. The van der Waals surface area contributed by atoms with Crippen molar-refractivity contribution < 1.29 is 19.5 Å². The lowest BCUT2D eigenvalue weighted by atomic mass is 10.1. The highest BCUT2D eigenvalue weighted by Gasteiger charge is 2.18. The summed E-state index contributed by atoms with van der Waals surface area (Å²) in [6.45, 7) is 2.68. The minimum atomic E-state index is -1.08. The van der Waals surface area contributed by atoms with Crippen LogP contribution in [0.5, 0.6) is 0 Å². The van der Waals surface area contributed by atoms with Gasteiger partial charge in [-0.15, -0.1) is 0 Å². The van der Waals surface area contributed by atoms with Crippen LogP contribution in [0.2, 0.25) is 0 Å². The van der Waals surface area contributed by atoms with Crippen molar-refractivity contribution in [2.45, 2.75) is 26.3 Å². The zero-order valence-electron chi connectivity index (χ0n) is 10.8. The molecule has 1 rings (SSSR count). The predicted molar refractivity (Wildman–Crippen MR) is 69.7 cm³/mol. The molecule has 102 valence electrons. The minimum Gasteiger partial charge on any atom is -0.480 e. The molecule has 0 aliphatic rings. The quantitative estimate of drug-likeness (QED) is 0.732. The van der Waals surface area contributed by atoms with Crippen LogP contribution in [-0.2, 0) is 20.8 Å². The molecule has 6 heteroatoms. The molecule has 1 atom stereocenters. The summed E-state index contributed by atoms with van der Waals surface area (Å²) in [4.78, 5) is 32.7. The van der Waals surface area contributed by atoms with Crippen LogP contribution in [0.4, 0.5) is 5.69 Å². The number of carboxylic acid groups (broad SMARTS) is 1. The highest BCUT2D eigenvalue weighted by Crippen LogP contribution is 2.11. The Hall–Kier alpha value is -2.37. The van der Waals surface area contributed by atoms with Crippen LogP contribution in [-0.4, -0.2) is 28.9 Å². The number of rotatable bonds is 5. The molecular formula is C13H16N2O4. The first-order valence-corrected chi connectivity index (χ1v) is 5.75. The van der Waals surface area contributed by atoms with Gasteiger partial charge in [-0.1, -0.05) is 12.1 Å². The monoisotopic (exact) mass is 264 g/mol. The largest absolute Gasteiger partial charge is 0.480 e. The topological polar surface area (TPSA) is 95.5 Å². The van der Waals surface area contributed by atoms with E-state index in [1.807, 2.05) is 0 Å². The number of hydrogen-bond donors (Lipinski definition) is 3. The van der Waals surface area contributed by atoms with Gasteiger partial charge in [-0.3, -0.25) is 9.59 Å². The van der Waals surface area contributed by atoms with Crippen molar-refractivity contribution in [2.24, 2.45) is 0 Å². The van der Waals surface area contributed by atoms with Crippen LogP contribution in [0.15, 0.2) is 24.3 Å². The van der Waals surface area contributed by atoms with Gasteiger partial charge >= 0.3 is 5.97 Å². The molecule has 0 aromatic heterocycles. The third-order valence-corrected chi connectivity index (χ3v) is 2.39. The molecule has 0 aliphatic carbocycles. The SMILES string of the molecule is CC(=O)Nc1ccc(CC(NC(C)=O)C(=O)O)cc1. The van der Waals surface area contributed by atoms with E-state index in [1.54, 1.807) is 24.3 Å². The fourth-order valence-electron chi connectivity index (χ4n) is 1.61. The molecule has 0 fully saturated rings. The number of anilines is 1. The van der Waals surface area contributed by atoms with E-state index in [-0.39, 0.29) is 18.2 Å². The Bertz CT molecular complexity index is 482. The molecule has 6 nitrogen and oxygen atoms in total. The van der Waals surface area contributed by atoms with Gasteiger partial charge in [0.05, 0.1) is 0 Å². The van der Waals surface area contributed by atoms with E-state index >= 15 is 0 Å². The van der Waals surface area contributed by atoms with Gasteiger partial charge in [-0.25, -0.2) is 4.79 Å². The third-order valence-electron chi connectivity index (χ3n) is 2.39. The van der Waals surface area contributed by atoms with Crippen LogP contribution in [0.3, 0.4) is 0 Å². The molecule has 0 saturated heterocycles. The second-order valence-corrected chi connectivity index (χ2v) is 4.17. The first-order chi connectivity index (χ1) is 8.88. The minimum absolute atomic E-state index is 0.172. The maximum Gasteiger partial charge on any atom is 0.326 e. The molecule has 0 radical (unpaired) electrons. The summed E-state index contributed by atoms with van der Waals surface area (Å²) in [6, 6.07) is 5.84. The average molecular weight is 264 g/mol. The second kappa shape index (κ2) is 6.53. The summed E-state index contributed by atoms with van der Waals surface area (Å²) in [5.74, 6) is -1.64. The number of carbonyl (C=O) groups excluding carboxylic acids is 2. The van der Waals surface area contributed by atoms with E-state index < -0.39 is 12.0 Å². The van der Waals surface area contributed by atoms with Gasteiger partial charge in [0.2, 0.25) is 11.8 Å². The Morgan fingerprint density at radius 2 is 1.68 bits per heavy atom. The lowest BCUT2D eigenvalue weighted by Gasteiger charge is -2.13. The van der Waals surface area contributed by atoms with Crippen molar-refractivity contribution in [1.82, 2.24) is 5.32 Å². The van der Waals surface area contributed by atoms with Crippen molar-refractivity contribution in [1.29, 1.82) is 0 Å². The van der Waals surface area contributed by atoms with Gasteiger partial charge < -0.3 is 15.7 Å². The Morgan fingerprint density at radius 3 is 2.11 bits per heavy atom. The lowest BCUT2D eigenvalue weighted by Crippen LogP contribution is -2.41. The molecule has 0 bridgehead atoms. The zero-order valence-corrected chi connectivity index (χ0v) is 10.8. The molecule has 19 heavy (non-hydrogen) atoms. The van der Waals surface area contributed by atoms with Crippen LogP contribution in [0, 0.1) is 0 Å². The van der Waals surface area contributed by atoms with E-state index in [0.29, 0.717) is 5.69 Å². The molecule has 1 aromatic rings. The molecule has 0 aliphatic heterocycles. The summed E-state index contributed by atoms with van der Waals surface area (Å²) in [5.41, 5.74) is 1.40. The molecule has 0 saturated carbocycles. The van der Waals surface area contributed by atoms with Crippen molar-refractivity contribution in [2.75, 3.05) is 5.32 Å². The fourth-order valence-corrected chi connectivity index (χ4v) is 1.61. The predicted octanol–water partition coefficient (Wildman–Crippen LogP) is 0.777. The van der Waals surface area contributed by atoms with Crippen LogP contribution in [0.25, 0.3) is 0 Å². The van der Waals surface area contributed by atoms with Gasteiger partial charge in [0.1, 0.15) is 6.04 Å². The molecule has 2 amide bonds. The number of amides is 2. The summed E-state index contributed by atoms with van der Waals surface area (Å²) < 4.78 is 0. The first-order valence-electron chi connectivity index (χ1n) is 5.75. The number of aliphatic carboxylic acids is 1. The van der Waals surface area contributed by atoms with Crippen molar-refractivity contribution in [3.8, 4) is 0 Å². The lowest BCUT2D eigenvalue weighted by molar-refractivity contribution is -0.141. The highest BCUT2D eigenvalue weighted by molar-refractivity contribution is 5.88. The standard InChI is InChI=1S/C13H16N2O4/c1-8(16)14-11-5-3-10(4-6-11)7-12(13(18)19)15-9(2)17/h3-6,12H,7H2,1-2H3,(H,14,16)(H,15,17)(H,18,19). The third kappa shape index (κ3) is 5.20. The van der Waals surface area contributed by atoms with E-state index in [1.165, 1.54) is 13.8 Å². The second-order valence-electron chi connectivity index (χ2n) is 4.17. The van der Waals surface area contributed by atoms with Gasteiger partial charge in [0.25, 0.3) is 0 Å². The number of benzene rings is 1. The summed E-state index contributed by atoms with van der Waals surface area (Å²) in [6.07, 6.45) is 0.190. The highest BCUT2D eigenvalue weighted by atomic mass is 16.4. The van der Waals surface area contributed by atoms with Crippen molar-refractivity contribution >= 4 is 23.5 Å². The van der Waals surface area contributed by atoms with Gasteiger partial charge in [0, 0.05) is 26.0 Å². The molecular weight excluding hydrogens is 248 g/mol. The fraction of sp³-hybridized carbons (Fsp3) is 0.308. The number of hydrogen-bond acceptors (Lipinski definition) is 3. The average Bonchev–Trinajstić information content (AvgIpc) is 2.29. The maximum absolute atomic E-state index is 11.0.